The number of nitrogens with one attached hydrogen (secondary N) is 1. The molecular formula is C15H18ClF2NO. The quantitative estimate of drug-likeness (QED) is 0.843. The Bertz CT molecular complexity index is 481. The van der Waals surface area contributed by atoms with E-state index in [1.54, 1.807) is 0 Å². The summed E-state index contributed by atoms with van der Waals surface area (Å²) < 4.78 is 26.6. The van der Waals surface area contributed by atoms with Crippen molar-refractivity contribution in [1.29, 1.82) is 0 Å². The van der Waals surface area contributed by atoms with Gasteiger partial charge in [-0.05, 0) is 36.8 Å². The van der Waals surface area contributed by atoms with Crippen LogP contribution in [0.2, 0.25) is 0 Å². The summed E-state index contributed by atoms with van der Waals surface area (Å²) in [5, 5.41) is 2.70. The molecule has 1 aromatic carbocycles. The molecule has 2 unspecified atom stereocenters. The van der Waals surface area contributed by atoms with E-state index >= 15 is 0 Å². The average Bonchev–Trinajstić information content (AvgIpc) is 2.48. The molecule has 0 aliphatic heterocycles. The average molecular weight is 302 g/mol. The Morgan fingerprint density at radius 1 is 1.25 bits per heavy atom. The third kappa shape index (κ3) is 3.48. The standard InChI is InChI=1S/C15H18ClF2NO/c16-8-10-4-1-2-5-11(10)9-19-15(20)12-6-3-7-13(17)14(12)18/h3,6-7,10-11H,1-2,4-5,8-9H2,(H,19,20). The molecular weight excluding hydrogens is 284 g/mol. The highest BCUT2D eigenvalue weighted by atomic mass is 35.5. The van der Waals surface area contributed by atoms with E-state index in [9.17, 15) is 13.6 Å². The van der Waals surface area contributed by atoms with Crippen molar-refractivity contribution in [2.75, 3.05) is 12.4 Å². The number of benzene rings is 1. The first-order valence-electron chi connectivity index (χ1n) is 6.91. The second-order valence-electron chi connectivity index (χ2n) is 5.27. The molecule has 1 aromatic rings. The molecule has 20 heavy (non-hydrogen) atoms. The van der Waals surface area contributed by atoms with Crippen LogP contribution in [0.3, 0.4) is 0 Å². The summed E-state index contributed by atoms with van der Waals surface area (Å²) in [6.45, 7) is 0.464. The van der Waals surface area contributed by atoms with Crippen molar-refractivity contribution in [3.05, 3.63) is 35.4 Å². The van der Waals surface area contributed by atoms with Gasteiger partial charge < -0.3 is 5.32 Å². The van der Waals surface area contributed by atoms with Crippen LogP contribution in [0.5, 0.6) is 0 Å². The van der Waals surface area contributed by atoms with Gasteiger partial charge in [-0.25, -0.2) is 8.78 Å². The van der Waals surface area contributed by atoms with Crippen molar-refractivity contribution in [3.63, 3.8) is 0 Å². The predicted molar refractivity (Wildman–Crippen MR) is 74.9 cm³/mol. The van der Waals surface area contributed by atoms with E-state index in [4.69, 9.17) is 11.6 Å². The number of hydrogen-bond donors (Lipinski definition) is 1. The van der Waals surface area contributed by atoms with Crippen molar-refractivity contribution < 1.29 is 13.6 Å². The van der Waals surface area contributed by atoms with Gasteiger partial charge in [0, 0.05) is 12.4 Å². The van der Waals surface area contributed by atoms with Crippen LogP contribution in [0, 0.1) is 23.5 Å². The summed E-state index contributed by atoms with van der Waals surface area (Å²) in [5.41, 5.74) is -0.247. The highest BCUT2D eigenvalue weighted by Crippen LogP contribution is 2.30. The minimum atomic E-state index is -1.09. The number of amides is 1. The molecule has 0 bridgehead atoms. The number of hydrogen-bond acceptors (Lipinski definition) is 1. The van der Waals surface area contributed by atoms with Crippen molar-refractivity contribution in [1.82, 2.24) is 5.32 Å². The van der Waals surface area contributed by atoms with Crippen LogP contribution in [0.15, 0.2) is 18.2 Å². The van der Waals surface area contributed by atoms with E-state index in [0.29, 0.717) is 24.3 Å². The molecule has 110 valence electrons. The van der Waals surface area contributed by atoms with Gasteiger partial charge in [-0.15, -0.1) is 11.6 Å². The molecule has 1 aliphatic carbocycles. The Labute approximate surface area is 122 Å². The van der Waals surface area contributed by atoms with Crippen LogP contribution in [0.1, 0.15) is 36.0 Å². The van der Waals surface area contributed by atoms with Crippen molar-refractivity contribution in [3.8, 4) is 0 Å². The topological polar surface area (TPSA) is 29.1 Å². The van der Waals surface area contributed by atoms with Crippen LogP contribution in [0.25, 0.3) is 0 Å². The first-order chi connectivity index (χ1) is 9.63. The second kappa shape index (κ2) is 7.02. The van der Waals surface area contributed by atoms with Gasteiger partial charge in [0.05, 0.1) is 5.56 Å². The molecule has 2 rings (SSSR count). The molecule has 0 spiro atoms. The smallest absolute Gasteiger partial charge is 0.254 e. The van der Waals surface area contributed by atoms with Gasteiger partial charge >= 0.3 is 0 Å². The monoisotopic (exact) mass is 301 g/mol. The van der Waals surface area contributed by atoms with Gasteiger partial charge in [0.1, 0.15) is 0 Å². The number of carbonyl (C=O) groups is 1. The molecule has 5 heteroatoms. The maximum atomic E-state index is 13.5. The second-order valence-corrected chi connectivity index (χ2v) is 5.58. The number of halogens is 3. The van der Waals surface area contributed by atoms with Crippen molar-refractivity contribution in [2.45, 2.75) is 25.7 Å². The molecule has 1 aliphatic rings. The molecule has 0 radical (unpaired) electrons. The third-order valence-electron chi connectivity index (χ3n) is 3.99. The van der Waals surface area contributed by atoms with Crippen LogP contribution >= 0.6 is 11.6 Å². The first-order valence-corrected chi connectivity index (χ1v) is 7.45. The molecule has 0 aromatic heterocycles. The lowest BCUT2D eigenvalue weighted by Gasteiger charge is -2.30. The van der Waals surface area contributed by atoms with Gasteiger partial charge in [-0.3, -0.25) is 4.79 Å². The van der Waals surface area contributed by atoms with Gasteiger partial charge in [0.2, 0.25) is 0 Å². The normalized spacial score (nSPS) is 22.6. The summed E-state index contributed by atoms with van der Waals surface area (Å²) in [7, 11) is 0. The lowest BCUT2D eigenvalue weighted by atomic mass is 9.80. The zero-order valence-electron chi connectivity index (χ0n) is 11.2. The zero-order valence-corrected chi connectivity index (χ0v) is 11.9. The molecule has 1 saturated carbocycles. The molecule has 1 amide bonds. The maximum absolute atomic E-state index is 13.5. The Kier molecular flexibility index (Phi) is 5.35. The molecule has 2 atom stereocenters. The van der Waals surface area contributed by atoms with E-state index in [1.165, 1.54) is 18.6 Å². The molecule has 0 heterocycles. The minimum Gasteiger partial charge on any atom is -0.352 e. The van der Waals surface area contributed by atoms with Crippen LogP contribution in [-0.4, -0.2) is 18.3 Å². The van der Waals surface area contributed by atoms with Gasteiger partial charge in [-0.2, -0.15) is 0 Å². The van der Waals surface area contributed by atoms with E-state index in [0.717, 1.165) is 25.3 Å². The highest BCUT2D eigenvalue weighted by molar-refractivity contribution is 6.18. The highest BCUT2D eigenvalue weighted by Gasteiger charge is 2.25. The lowest BCUT2D eigenvalue weighted by Crippen LogP contribution is -2.35. The summed E-state index contributed by atoms with van der Waals surface area (Å²) >= 11 is 5.93. The predicted octanol–water partition coefficient (Wildman–Crippen LogP) is 3.74. The molecule has 2 nitrogen and oxygen atoms in total. The Balaban J connectivity index is 1.96. The SMILES string of the molecule is O=C(NCC1CCCCC1CCl)c1cccc(F)c1F. The molecule has 1 N–H and O–H groups in total. The van der Waals surface area contributed by atoms with E-state index < -0.39 is 17.5 Å². The van der Waals surface area contributed by atoms with E-state index in [-0.39, 0.29) is 5.56 Å². The first kappa shape index (κ1) is 15.2. The lowest BCUT2D eigenvalue weighted by molar-refractivity contribution is 0.0931. The van der Waals surface area contributed by atoms with E-state index in [1.807, 2.05) is 0 Å². The zero-order chi connectivity index (χ0) is 14.5. The summed E-state index contributed by atoms with van der Waals surface area (Å²) in [5.74, 6) is -1.38. The number of rotatable bonds is 4. The minimum absolute atomic E-state index is 0.247. The molecule has 1 fully saturated rings. The van der Waals surface area contributed by atoms with Gasteiger partial charge in [0.25, 0.3) is 5.91 Å². The summed E-state index contributed by atoms with van der Waals surface area (Å²) in [6.07, 6.45) is 4.38. The summed E-state index contributed by atoms with van der Waals surface area (Å²) in [6, 6.07) is 3.61. The van der Waals surface area contributed by atoms with Gasteiger partial charge in [-0.1, -0.05) is 18.9 Å². The van der Waals surface area contributed by atoms with Gasteiger partial charge in [0.15, 0.2) is 11.6 Å². The largest absolute Gasteiger partial charge is 0.352 e. The van der Waals surface area contributed by atoms with Crippen molar-refractivity contribution in [2.24, 2.45) is 11.8 Å². The van der Waals surface area contributed by atoms with Crippen LogP contribution in [0.4, 0.5) is 8.78 Å². The number of alkyl halides is 1. The van der Waals surface area contributed by atoms with Crippen LogP contribution < -0.4 is 5.32 Å². The van der Waals surface area contributed by atoms with Crippen molar-refractivity contribution >= 4 is 17.5 Å². The number of carbonyl (C=O) groups excluding carboxylic acids is 1. The maximum Gasteiger partial charge on any atom is 0.254 e. The Morgan fingerprint density at radius 2 is 1.95 bits per heavy atom. The Morgan fingerprint density at radius 3 is 2.65 bits per heavy atom. The fraction of sp³-hybridized carbons (Fsp3) is 0.533. The van der Waals surface area contributed by atoms with E-state index in [2.05, 4.69) is 5.32 Å². The Hall–Kier alpha value is -1.16. The fourth-order valence-corrected chi connectivity index (χ4v) is 3.16. The third-order valence-corrected chi connectivity index (χ3v) is 4.38. The summed E-state index contributed by atoms with van der Waals surface area (Å²) in [4.78, 5) is 11.9. The van der Waals surface area contributed by atoms with Crippen LogP contribution in [-0.2, 0) is 0 Å². The molecule has 0 saturated heterocycles. The fourth-order valence-electron chi connectivity index (χ4n) is 2.75.